The lowest BCUT2D eigenvalue weighted by Gasteiger charge is -2.57. The Morgan fingerprint density at radius 3 is 2.00 bits per heavy atom. The SMILES string of the molecule is CC(=O)OC/C1=C/[C@@H]2OC(=O)[C@H](C)[C@@]2(O)[C@@H](OC(C)=O)[C@H]2C3(CC[C@H](OC(C)=O)[C@]2(C)[C@@H](OC(C)=O)C[C@H]1OC(C)=O)CO3. The number of ether oxygens (including phenoxy) is 7. The molecule has 4 aliphatic rings. The van der Waals surface area contributed by atoms with Gasteiger partial charge in [0.2, 0.25) is 0 Å². The molecule has 0 aromatic rings. The quantitative estimate of drug-likeness (QED) is 0.191. The molecule has 44 heavy (non-hydrogen) atoms. The maximum absolute atomic E-state index is 13.1. The third-order valence-corrected chi connectivity index (χ3v) is 9.34. The van der Waals surface area contributed by atoms with Crippen molar-refractivity contribution in [3.05, 3.63) is 11.6 Å². The molecule has 4 rings (SSSR count). The highest BCUT2D eigenvalue weighted by Gasteiger charge is 2.75. The summed E-state index contributed by atoms with van der Waals surface area (Å²) in [5.41, 5.74) is -4.65. The Labute approximate surface area is 254 Å². The number of fused-ring (bicyclic) bond motifs is 3. The van der Waals surface area contributed by atoms with E-state index in [0.29, 0.717) is 6.42 Å². The van der Waals surface area contributed by atoms with Gasteiger partial charge in [-0.05, 0) is 25.8 Å². The summed E-state index contributed by atoms with van der Waals surface area (Å²) in [5, 5.41) is 12.6. The van der Waals surface area contributed by atoms with Crippen molar-refractivity contribution in [3.8, 4) is 0 Å². The zero-order valence-electron chi connectivity index (χ0n) is 25.9. The summed E-state index contributed by atoms with van der Waals surface area (Å²) in [5.74, 6) is -6.65. The Morgan fingerprint density at radius 2 is 1.48 bits per heavy atom. The normalized spacial score (nSPS) is 40.6. The average Bonchev–Trinajstić information content (AvgIpc) is 3.63. The number of hydrogen-bond donors (Lipinski definition) is 1. The van der Waals surface area contributed by atoms with Crippen LogP contribution in [0, 0.1) is 17.3 Å². The van der Waals surface area contributed by atoms with Crippen molar-refractivity contribution in [2.24, 2.45) is 17.3 Å². The van der Waals surface area contributed by atoms with E-state index in [1.807, 2.05) is 0 Å². The number of carbonyl (C=O) groups excluding carboxylic acids is 6. The number of aliphatic hydroxyl groups is 1. The minimum absolute atomic E-state index is 0.110. The third kappa shape index (κ3) is 6.06. The van der Waals surface area contributed by atoms with E-state index in [2.05, 4.69) is 0 Å². The van der Waals surface area contributed by atoms with Crippen LogP contribution in [0.15, 0.2) is 11.6 Å². The summed E-state index contributed by atoms with van der Waals surface area (Å²) in [6.07, 6.45) is -4.76. The van der Waals surface area contributed by atoms with Crippen molar-refractivity contribution in [1.82, 2.24) is 0 Å². The largest absolute Gasteiger partial charge is 0.462 e. The van der Waals surface area contributed by atoms with Crippen LogP contribution < -0.4 is 0 Å². The summed E-state index contributed by atoms with van der Waals surface area (Å²) >= 11 is 0. The smallest absolute Gasteiger partial charge is 0.312 e. The van der Waals surface area contributed by atoms with E-state index in [1.165, 1.54) is 33.8 Å². The first-order chi connectivity index (χ1) is 20.4. The predicted molar refractivity (Wildman–Crippen MR) is 145 cm³/mol. The minimum Gasteiger partial charge on any atom is -0.462 e. The lowest BCUT2D eigenvalue weighted by molar-refractivity contribution is -0.244. The molecule has 1 unspecified atom stereocenters. The van der Waals surface area contributed by atoms with Gasteiger partial charge in [0.1, 0.15) is 31.0 Å². The van der Waals surface area contributed by atoms with Crippen LogP contribution in [-0.2, 0) is 61.9 Å². The monoisotopic (exact) mass is 624 g/mol. The molecule has 0 radical (unpaired) electrons. The number of epoxide rings is 1. The van der Waals surface area contributed by atoms with Gasteiger partial charge in [-0.3, -0.25) is 28.8 Å². The number of hydrogen-bond acceptors (Lipinski definition) is 14. The Morgan fingerprint density at radius 1 is 0.909 bits per heavy atom. The highest BCUT2D eigenvalue weighted by Crippen LogP contribution is 2.62. The van der Waals surface area contributed by atoms with Crippen molar-refractivity contribution in [3.63, 3.8) is 0 Å². The fourth-order valence-corrected chi connectivity index (χ4v) is 7.29. The lowest BCUT2D eigenvalue weighted by Crippen LogP contribution is -2.69. The molecule has 2 heterocycles. The summed E-state index contributed by atoms with van der Waals surface area (Å²) in [4.78, 5) is 75.2. The van der Waals surface area contributed by atoms with E-state index in [0.717, 1.165) is 13.8 Å². The first-order valence-electron chi connectivity index (χ1n) is 14.5. The molecule has 2 aliphatic heterocycles. The van der Waals surface area contributed by atoms with Crippen LogP contribution in [0.25, 0.3) is 0 Å². The Kier molecular flexibility index (Phi) is 9.19. The van der Waals surface area contributed by atoms with Crippen LogP contribution >= 0.6 is 0 Å². The first kappa shape index (κ1) is 33.4. The molecule has 244 valence electrons. The van der Waals surface area contributed by atoms with Crippen molar-refractivity contribution < 1.29 is 67.0 Å². The van der Waals surface area contributed by atoms with Crippen LogP contribution in [0.3, 0.4) is 0 Å². The number of carbonyl (C=O) groups is 6. The van der Waals surface area contributed by atoms with Gasteiger partial charge >= 0.3 is 35.8 Å². The molecule has 14 heteroatoms. The van der Waals surface area contributed by atoms with Crippen LogP contribution in [0.5, 0.6) is 0 Å². The predicted octanol–water partition coefficient (Wildman–Crippen LogP) is 1.08. The van der Waals surface area contributed by atoms with Gasteiger partial charge in [-0.15, -0.1) is 0 Å². The van der Waals surface area contributed by atoms with E-state index < -0.39 is 101 Å². The van der Waals surface area contributed by atoms with Crippen molar-refractivity contribution in [2.75, 3.05) is 13.2 Å². The van der Waals surface area contributed by atoms with E-state index >= 15 is 0 Å². The van der Waals surface area contributed by atoms with E-state index in [-0.39, 0.29) is 25.0 Å². The Hall–Kier alpha value is -3.52. The molecule has 2 aliphatic carbocycles. The highest BCUT2D eigenvalue weighted by atomic mass is 16.6. The van der Waals surface area contributed by atoms with Crippen molar-refractivity contribution in [1.29, 1.82) is 0 Å². The van der Waals surface area contributed by atoms with Gasteiger partial charge in [0.05, 0.1) is 23.5 Å². The van der Waals surface area contributed by atoms with Gasteiger partial charge in [-0.25, -0.2) is 0 Å². The lowest BCUT2D eigenvalue weighted by atomic mass is 9.52. The summed E-state index contributed by atoms with van der Waals surface area (Å²) < 4.78 is 40.3. The third-order valence-electron chi connectivity index (χ3n) is 9.34. The number of rotatable bonds is 6. The molecule has 10 atom stereocenters. The van der Waals surface area contributed by atoms with Crippen molar-refractivity contribution >= 4 is 35.8 Å². The molecule has 0 aromatic carbocycles. The molecule has 0 amide bonds. The van der Waals surface area contributed by atoms with Gasteiger partial charge < -0.3 is 38.3 Å². The highest BCUT2D eigenvalue weighted by molar-refractivity contribution is 5.78. The first-order valence-corrected chi connectivity index (χ1v) is 14.5. The zero-order valence-corrected chi connectivity index (χ0v) is 25.9. The molecule has 14 nitrogen and oxygen atoms in total. The zero-order chi connectivity index (χ0) is 32.8. The summed E-state index contributed by atoms with van der Waals surface area (Å²) in [6, 6.07) is 0. The fourth-order valence-electron chi connectivity index (χ4n) is 7.29. The average molecular weight is 625 g/mol. The molecule has 1 saturated carbocycles. The Bertz CT molecular complexity index is 1250. The number of esters is 6. The molecular formula is C30H40O14. The van der Waals surface area contributed by atoms with Crippen LogP contribution in [0.1, 0.15) is 67.7 Å². The molecule has 1 spiro atoms. The van der Waals surface area contributed by atoms with E-state index in [9.17, 15) is 33.9 Å². The van der Waals surface area contributed by atoms with Gasteiger partial charge in [-0.1, -0.05) is 6.92 Å². The molecule has 2 saturated heterocycles. The van der Waals surface area contributed by atoms with Gasteiger partial charge in [-0.2, -0.15) is 0 Å². The molecule has 0 bridgehead atoms. The molecule has 3 fully saturated rings. The minimum atomic E-state index is -2.26. The second kappa shape index (κ2) is 12.1. The van der Waals surface area contributed by atoms with E-state index in [4.69, 9.17) is 33.2 Å². The molecule has 1 N–H and O–H groups in total. The van der Waals surface area contributed by atoms with E-state index in [1.54, 1.807) is 6.92 Å². The Balaban J connectivity index is 2.08. The second-order valence-electron chi connectivity index (χ2n) is 12.3. The van der Waals surface area contributed by atoms with Crippen LogP contribution in [-0.4, -0.2) is 95.9 Å². The second-order valence-corrected chi connectivity index (χ2v) is 12.3. The van der Waals surface area contributed by atoms with Gasteiger partial charge in [0.15, 0.2) is 11.7 Å². The van der Waals surface area contributed by atoms with Crippen LogP contribution in [0.4, 0.5) is 0 Å². The maximum atomic E-state index is 13.1. The van der Waals surface area contributed by atoms with Crippen molar-refractivity contribution in [2.45, 2.75) is 109 Å². The summed E-state index contributed by atoms with van der Waals surface area (Å²) in [7, 11) is 0. The van der Waals surface area contributed by atoms with Gasteiger partial charge in [0, 0.05) is 52.5 Å². The van der Waals surface area contributed by atoms with Gasteiger partial charge in [0.25, 0.3) is 0 Å². The fraction of sp³-hybridized carbons (Fsp3) is 0.733. The topological polar surface area (TPSA) is 191 Å². The molecule has 0 aromatic heterocycles. The summed E-state index contributed by atoms with van der Waals surface area (Å²) in [6.45, 7) is 8.69. The van der Waals surface area contributed by atoms with Crippen LogP contribution in [0.2, 0.25) is 0 Å². The maximum Gasteiger partial charge on any atom is 0.312 e. The standard InChI is InChI=1S/C30H40O14/c1-14-27(36)44-24-10-20(12-38-15(2)31)21(40-16(3)32)11-23(42-18(5)34)28(7)22(41-17(4)33)8-9-29(13-39-29)25(28)26(30(14,24)37)43-19(6)35/h10,14,21-26,37H,8-9,11-13H2,1-7H3/b20-10-/t14-,21+,22-,23-,24-,25+,26-,28+,29?,30-/m0/s1. The molecular weight excluding hydrogens is 584 g/mol.